The number of urea groups is 1. The van der Waals surface area contributed by atoms with Crippen molar-refractivity contribution in [1.82, 2.24) is 10.2 Å². The minimum atomic E-state index is -0.833. The monoisotopic (exact) mass is 222 g/mol. The first-order valence-electron chi connectivity index (χ1n) is 5.46. The van der Waals surface area contributed by atoms with Crippen molar-refractivity contribution in [3.63, 3.8) is 0 Å². The molecule has 0 bridgehead atoms. The molecule has 1 aliphatic heterocycles. The first kappa shape index (κ1) is 10.9. The minimum absolute atomic E-state index is 0.162. The molecular weight excluding hydrogens is 207 g/mol. The van der Waals surface area contributed by atoms with Crippen molar-refractivity contribution < 1.29 is 9.18 Å². The van der Waals surface area contributed by atoms with Crippen LogP contribution < -0.4 is 5.32 Å². The van der Waals surface area contributed by atoms with Gasteiger partial charge in [-0.1, -0.05) is 30.3 Å². The SMILES string of the molecule is O=C(NCCc1ccccc1)N1CC(F)C1. The highest BCUT2D eigenvalue weighted by Crippen LogP contribution is 2.10. The summed E-state index contributed by atoms with van der Waals surface area (Å²) in [6, 6.07) is 9.79. The Labute approximate surface area is 94.3 Å². The predicted octanol–water partition coefficient (Wildman–Crippen LogP) is 1.59. The highest BCUT2D eigenvalue weighted by Gasteiger charge is 2.29. The number of hydrogen-bond donors (Lipinski definition) is 1. The maximum atomic E-state index is 12.5. The van der Waals surface area contributed by atoms with Gasteiger partial charge in [-0.15, -0.1) is 0 Å². The molecule has 1 heterocycles. The van der Waals surface area contributed by atoms with Gasteiger partial charge in [0.05, 0.1) is 13.1 Å². The smallest absolute Gasteiger partial charge is 0.317 e. The van der Waals surface area contributed by atoms with Crippen molar-refractivity contribution in [3.8, 4) is 0 Å². The van der Waals surface area contributed by atoms with E-state index in [0.29, 0.717) is 6.54 Å². The summed E-state index contributed by atoms with van der Waals surface area (Å²) in [7, 11) is 0. The molecule has 2 rings (SSSR count). The van der Waals surface area contributed by atoms with Crippen LogP contribution in [0.4, 0.5) is 9.18 Å². The lowest BCUT2D eigenvalue weighted by Crippen LogP contribution is -2.55. The summed E-state index contributed by atoms with van der Waals surface area (Å²) in [6.45, 7) is 1.06. The van der Waals surface area contributed by atoms with Crippen LogP contribution in [-0.2, 0) is 6.42 Å². The van der Waals surface area contributed by atoms with Gasteiger partial charge in [0.1, 0.15) is 6.17 Å². The number of benzene rings is 1. The third-order valence-corrected chi connectivity index (χ3v) is 2.66. The molecule has 1 saturated heterocycles. The van der Waals surface area contributed by atoms with Gasteiger partial charge in [-0.3, -0.25) is 0 Å². The standard InChI is InChI=1S/C12H15FN2O/c13-11-8-15(9-11)12(16)14-7-6-10-4-2-1-3-5-10/h1-5,11H,6-9H2,(H,14,16). The molecule has 16 heavy (non-hydrogen) atoms. The molecule has 1 N–H and O–H groups in total. The Kier molecular flexibility index (Phi) is 3.39. The minimum Gasteiger partial charge on any atom is -0.338 e. The van der Waals surface area contributed by atoms with Crippen LogP contribution in [0.2, 0.25) is 0 Å². The van der Waals surface area contributed by atoms with Crippen molar-refractivity contribution in [2.24, 2.45) is 0 Å². The Morgan fingerprint density at radius 3 is 2.69 bits per heavy atom. The number of halogens is 1. The molecule has 1 fully saturated rings. The van der Waals surface area contributed by atoms with Gasteiger partial charge in [0, 0.05) is 6.54 Å². The lowest BCUT2D eigenvalue weighted by molar-refractivity contribution is 0.0900. The normalized spacial score (nSPS) is 15.7. The Bertz CT molecular complexity index is 349. The largest absolute Gasteiger partial charge is 0.338 e. The van der Waals surface area contributed by atoms with E-state index in [9.17, 15) is 9.18 Å². The quantitative estimate of drug-likeness (QED) is 0.827. The van der Waals surface area contributed by atoms with Gasteiger partial charge in [-0.25, -0.2) is 9.18 Å². The second kappa shape index (κ2) is 4.96. The van der Waals surface area contributed by atoms with E-state index in [1.807, 2.05) is 30.3 Å². The molecule has 1 aromatic carbocycles. The molecule has 0 aromatic heterocycles. The highest BCUT2D eigenvalue weighted by molar-refractivity contribution is 5.75. The number of nitrogens with zero attached hydrogens (tertiary/aromatic N) is 1. The van der Waals surface area contributed by atoms with E-state index in [1.165, 1.54) is 10.5 Å². The third-order valence-electron chi connectivity index (χ3n) is 2.66. The number of hydrogen-bond acceptors (Lipinski definition) is 1. The summed E-state index contributed by atoms with van der Waals surface area (Å²) < 4.78 is 12.5. The average molecular weight is 222 g/mol. The summed E-state index contributed by atoms with van der Waals surface area (Å²) >= 11 is 0. The lowest BCUT2D eigenvalue weighted by Gasteiger charge is -2.34. The van der Waals surface area contributed by atoms with Crippen molar-refractivity contribution >= 4 is 6.03 Å². The fourth-order valence-electron chi connectivity index (χ4n) is 1.66. The number of likely N-dealkylation sites (tertiary alicyclic amines) is 1. The highest BCUT2D eigenvalue weighted by atomic mass is 19.1. The number of carbonyl (C=O) groups is 1. The first-order valence-corrected chi connectivity index (χ1v) is 5.46. The van der Waals surface area contributed by atoms with E-state index in [4.69, 9.17) is 0 Å². The van der Waals surface area contributed by atoms with Crippen LogP contribution in [0.1, 0.15) is 5.56 Å². The van der Waals surface area contributed by atoms with Gasteiger partial charge in [0.15, 0.2) is 0 Å². The molecule has 4 heteroatoms. The van der Waals surface area contributed by atoms with Crippen molar-refractivity contribution in [2.45, 2.75) is 12.6 Å². The van der Waals surface area contributed by atoms with Gasteiger partial charge in [-0.05, 0) is 12.0 Å². The fraction of sp³-hybridized carbons (Fsp3) is 0.417. The van der Waals surface area contributed by atoms with E-state index >= 15 is 0 Å². The van der Waals surface area contributed by atoms with Crippen LogP contribution in [0.15, 0.2) is 30.3 Å². The molecule has 0 spiro atoms. The van der Waals surface area contributed by atoms with Gasteiger partial charge >= 0.3 is 6.03 Å². The molecule has 1 aliphatic rings. The lowest BCUT2D eigenvalue weighted by atomic mass is 10.1. The number of nitrogens with one attached hydrogen (secondary N) is 1. The number of rotatable bonds is 3. The van der Waals surface area contributed by atoms with E-state index in [2.05, 4.69) is 5.32 Å². The van der Waals surface area contributed by atoms with Crippen LogP contribution in [-0.4, -0.2) is 36.7 Å². The summed E-state index contributed by atoms with van der Waals surface area (Å²) in [5.41, 5.74) is 1.19. The Hall–Kier alpha value is -1.58. The summed E-state index contributed by atoms with van der Waals surface area (Å²) in [5.74, 6) is 0. The summed E-state index contributed by atoms with van der Waals surface area (Å²) in [4.78, 5) is 12.9. The van der Waals surface area contributed by atoms with Crippen molar-refractivity contribution in [1.29, 1.82) is 0 Å². The van der Waals surface area contributed by atoms with Crippen LogP contribution in [0.25, 0.3) is 0 Å². The van der Waals surface area contributed by atoms with Gasteiger partial charge in [-0.2, -0.15) is 0 Å². The average Bonchev–Trinajstić information content (AvgIpc) is 2.26. The second-order valence-electron chi connectivity index (χ2n) is 3.97. The maximum Gasteiger partial charge on any atom is 0.317 e. The fourth-order valence-corrected chi connectivity index (χ4v) is 1.66. The number of amides is 2. The topological polar surface area (TPSA) is 32.3 Å². The van der Waals surface area contributed by atoms with Crippen LogP contribution in [0.5, 0.6) is 0 Å². The Balaban J connectivity index is 1.67. The second-order valence-corrected chi connectivity index (χ2v) is 3.97. The zero-order valence-corrected chi connectivity index (χ0v) is 9.03. The molecule has 1 aromatic rings. The van der Waals surface area contributed by atoms with E-state index in [0.717, 1.165) is 6.42 Å². The molecule has 2 amide bonds. The van der Waals surface area contributed by atoms with Crippen molar-refractivity contribution in [2.75, 3.05) is 19.6 Å². The zero-order valence-electron chi connectivity index (χ0n) is 9.03. The first-order chi connectivity index (χ1) is 7.75. The third kappa shape index (κ3) is 2.72. The Morgan fingerprint density at radius 2 is 2.06 bits per heavy atom. The van der Waals surface area contributed by atoms with Crippen molar-refractivity contribution in [3.05, 3.63) is 35.9 Å². The number of alkyl halides is 1. The predicted molar refractivity (Wildman–Crippen MR) is 60.0 cm³/mol. The van der Waals surface area contributed by atoms with Crippen LogP contribution >= 0.6 is 0 Å². The summed E-state index contributed by atoms with van der Waals surface area (Å²) in [5, 5.41) is 2.77. The van der Waals surface area contributed by atoms with Crippen LogP contribution in [0.3, 0.4) is 0 Å². The molecule has 86 valence electrons. The summed E-state index contributed by atoms with van der Waals surface area (Å²) in [6.07, 6.45) is -0.0284. The van der Waals surface area contributed by atoms with Crippen LogP contribution in [0, 0.1) is 0 Å². The molecule has 3 nitrogen and oxygen atoms in total. The van der Waals surface area contributed by atoms with Gasteiger partial charge in [0.2, 0.25) is 0 Å². The number of carbonyl (C=O) groups excluding carboxylic acids is 1. The Morgan fingerprint density at radius 1 is 1.38 bits per heavy atom. The zero-order chi connectivity index (χ0) is 11.4. The van der Waals surface area contributed by atoms with E-state index < -0.39 is 6.17 Å². The molecule has 0 aliphatic carbocycles. The van der Waals surface area contributed by atoms with Gasteiger partial charge in [0.25, 0.3) is 0 Å². The molecule has 0 saturated carbocycles. The molecule has 0 radical (unpaired) electrons. The van der Waals surface area contributed by atoms with E-state index in [1.54, 1.807) is 0 Å². The molecule has 0 atom stereocenters. The van der Waals surface area contributed by atoms with Gasteiger partial charge < -0.3 is 10.2 Å². The molecular formula is C12H15FN2O. The molecule has 0 unspecified atom stereocenters. The maximum absolute atomic E-state index is 12.5. The van der Waals surface area contributed by atoms with E-state index in [-0.39, 0.29) is 19.1 Å².